The quantitative estimate of drug-likeness (QED) is 0.442. The van der Waals surface area contributed by atoms with E-state index in [1.54, 1.807) is 25.4 Å². The summed E-state index contributed by atoms with van der Waals surface area (Å²) in [5, 5.41) is 2.80. The minimum absolute atomic E-state index is 0.286. The summed E-state index contributed by atoms with van der Waals surface area (Å²) in [5.41, 5.74) is 4.87. The average Bonchev–Trinajstić information content (AvgIpc) is 2.80. The molecule has 158 valence electrons. The number of aromatic nitrogens is 1. The smallest absolute Gasteiger partial charge is 0.256 e. The van der Waals surface area contributed by atoms with Crippen LogP contribution in [0, 0.1) is 6.92 Å². The molecule has 1 heterocycles. The molecule has 2 aromatic carbocycles. The molecule has 0 saturated carbocycles. The average molecular weight is 415 g/mol. The van der Waals surface area contributed by atoms with E-state index in [4.69, 9.17) is 9.47 Å². The SMILES string of the molecule is C=C/C(=N\c1c(OC)ncc(-c2ccccc2)c1C)NC(=O)c1ccc(COC)cc1. The number of methoxy groups -OCH3 is 2. The highest BCUT2D eigenvalue weighted by Crippen LogP contribution is 2.35. The van der Waals surface area contributed by atoms with Gasteiger partial charge in [0.2, 0.25) is 5.88 Å². The van der Waals surface area contributed by atoms with Crippen molar-refractivity contribution < 1.29 is 14.3 Å². The predicted molar refractivity (Wildman–Crippen MR) is 123 cm³/mol. The third-order valence-electron chi connectivity index (χ3n) is 4.75. The summed E-state index contributed by atoms with van der Waals surface area (Å²) in [5.74, 6) is 0.389. The first-order valence-corrected chi connectivity index (χ1v) is 9.76. The molecule has 0 atom stereocenters. The Balaban J connectivity index is 1.92. The summed E-state index contributed by atoms with van der Waals surface area (Å²) < 4.78 is 10.5. The van der Waals surface area contributed by atoms with Crippen LogP contribution in [0.25, 0.3) is 11.1 Å². The second kappa shape index (κ2) is 10.3. The summed E-state index contributed by atoms with van der Waals surface area (Å²) in [7, 11) is 3.17. The summed E-state index contributed by atoms with van der Waals surface area (Å²) in [6, 6.07) is 17.1. The van der Waals surface area contributed by atoms with E-state index in [1.807, 2.05) is 49.4 Å². The number of ether oxygens (including phenoxy) is 2. The van der Waals surface area contributed by atoms with Crippen molar-refractivity contribution in [2.24, 2.45) is 4.99 Å². The molecule has 0 bridgehead atoms. The van der Waals surface area contributed by atoms with Crippen LogP contribution in [0.15, 0.2) is 78.4 Å². The Kier molecular flexibility index (Phi) is 7.30. The number of carbonyl (C=O) groups is 1. The minimum atomic E-state index is -0.286. The molecular formula is C25H25N3O3. The molecule has 0 saturated heterocycles. The van der Waals surface area contributed by atoms with Crippen LogP contribution >= 0.6 is 0 Å². The molecule has 0 spiro atoms. The number of amidine groups is 1. The molecule has 0 aliphatic rings. The fourth-order valence-electron chi connectivity index (χ4n) is 3.11. The largest absolute Gasteiger partial charge is 0.479 e. The predicted octanol–water partition coefficient (Wildman–Crippen LogP) is 4.86. The number of hydrogen-bond acceptors (Lipinski definition) is 5. The second-order valence-electron chi connectivity index (χ2n) is 6.81. The van der Waals surface area contributed by atoms with Crippen molar-refractivity contribution in [1.82, 2.24) is 10.3 Å². The van der Waals surface area contributed by atoms with Gasteiger partial charge in [0.15, 0.2) is 0 Å². The van der Waals surface area contributed by atoms with Gasteiger partial charge in [-0.25, -0.2) is 9.98 Å². The molecule has 1 aromatic heterocycles. The maximum Gasteiger partial charge on any atom is 0.256 e. The topological polar surface area (TPSA) is 72.8 Å². The molecule has 1 amide bonds. The van der Waals surface area contributed by atoms with Gasteiger partial charge in [0.25, 0.3) is 5.91 Å². The van der Waals surface area contributed by atoms with E-state index in [-0.39, 0.29) is 5.91 Å². The van der Waals surface area contributed by atoms with Crippen LogP contribution in [0.2, 0.25) is 0 Å². The van der Waals surface area contributed by atoms with Gasteiger partial charge in [-0.1, -0.05) is 49.0 Å². The monoisotopic (exact) mass is 415 g/mol. The van der Waals surface area contributed by atoms with Crippen LogP contribution in [0.3, 0.4) is 0 Å². The Morgan fingerprint density at radius 1 is 1.13 bits per heavy atom. The van der Waals surface area contributed by atoms with E-state index in [9.17, 15) is 4.79 Å². The van der Waals surface area contributed by atoms with Gasteiger partial charge in [0.05, 0.1) is 13.7 Å². The maximum absolute atomic E-state index is 12.7. The number of rotatable bonds is 7. The fraction of sp³-hybridized carbons (Fsp3) is 0.160. The van der Waals surface area contributed by atoms with E-state index in [0.717, 1.165) is 22.3 Å². The number of carbonyl (C=O) groups excluding carboxylic acids is 1. The van der Waals surface area contributed by atoms with E-state index in [2.05, 4.69) is 21.9 Å². The van der Waals surface area contributed by atoms with Crippen LogP contribution in [0.1, 0.15) is 21.5 Å². The maximum atomic E-state index is 12.7. The molecule has 0 radical (unpaired) electrons. The molecule has 6 nitrogen and oxygen atoms in total. The minimum Gasteiger partial charge on any atom is -0.479 e. The third kappa shape index (κ3) is 5.24. The second-order valence-corrected chi connectivity index (χ2v) is 6.81. The highest BCUT2D eigenvalue weighted by atomic mass is 16.5. The van der Waals surface area contributed by atoms with Gasteiger partial charge < -0.3 is 14.8 Å². The highest BCUT2D eigenvalue weighted by Gasteiger charge is 2.15. The van der Waals surface area contributed by atoms with Crippen LogP contribution in [0.4, 0.5) is 5.69 Å². The van der Waals surface area contributed by atoms with Gasteiger partial charge in [0.1, 0.15) is 11.5 Å². The van der Waals surface area contributed by atoms with Gasteiger partial charge >= 0.3 is 0 Å². The Hall–Kier alpha value is -3.77. The van der Waals surface area contributed by atoms with Crippen molar-refractivity contribution >= 4 is 17.4 Å². The molecular weight excluding hydrogens is 390 g/mol. The van der Waals surface area contributed by atoms with Crippen molar-refractivity contribution in [1.29, 1.82) is 0 Å². The molecule has 6 heteroatoms. The van der Waals surface area contributed by atoms with Crippen molar-refractivity contribution in [3.05, 3.63) is 90.1 Å². The molecule has 3 aromatic rings. The molecule has 1 N–H and O–H groups in total. The number of benzene rings is 2. The molecule has 0 aliphatic carbocycles. The molecule has 0 fully saturated rings. The van der Waals surface area contributed by atoms with Crippen molar-refractivity contribution in [2.45, 2.75) is 13.5 Å². The number of nitrogens with one attached hydrogen (secondary N) is 1. The molecule has 0 unspecified atom stereocenters. The Bertz CT molecular complexity index is 1090. The van der Waals surface area contributed by atoms with E-state index in [0.29, 0.717) is 29.6 Å². The summed E-state index contributed by atoms with van der Waals surface area (Å²) >= 11 is 0. The van der Waals surface area contributed by atoms with E-state index < -0.39 is 0 Å². The molecule has 0 aliphatic heterocycles. The lowest BCUT2D eigenvalue weighted by Gasteiger charge is -2.13. The first kappa shape index (κ1) is 21.9. The highest BCUT2D eigenvalue weighted by molar-refractivity contribution is 6.11. The normalized spacial score (nSPS) is 11.1. The summed E-state index contributed by atoms with van der Waals surface area (Å²) in [4.78, 5) is 21.7. The van der Waals surface area contributed by atoms with Crippen molar-refractivity contribution in [3.8, 4) is 17.0 Å². The molecule has 31 heavy (non-hydrogen) atoms. The van der Waals surface area contributed by atoms with Crippen LogP contribution in [0.5, 0.6) is 5.88 Å². The van der Waals surface area contributed by atoms with E-state index >= 15 is 0 Å². The van der Waals surface area contributed by atoms with Crippen LogP contribution in [-0.2, 0) is 11.3 Å². The first-order chi connectivity index (χ1) is 15.1. The standard InChI is InChI=1S/C25H25N3O3/c1-5-22(28-24(29)20-13-11-18(12-14-20)16-30-3)27-23-17(2)21(15-26-25(23)31-4)19-9-7-6-8-10-19/h5-15H,1,16H2,2-4H3,(H,27,28,29). The molecule has 3 rings (SSSR count). The van der Waals surface area contributed by atoms with Gasteiger partial charge in [-0.15, -0.1) is 0 Å². The van der Waals surface area contributed by atoms with Crippen LogP contribution in [-0.4, -0.2) is 30.9 Å². The lowest BCUT2D eigenvalue weighted by molar-refractivity contribution is 0.0977. The van der Waals surface area contributed by atoms with Crippen LogP contribution < -0.4 is 10.1 Å². The van der Waals surface area contributed by atoms with Gasteiger partial charge in [-0.3, -0.25) is 4.79 Å². The zero-order valence-electron chi connectivity index (χ0n) is 17.9. The van der Waals surface area contributed by atoms with Gasteiger partial charge in [-0.2, -0.15) is 0 Å². The number of aliphatic imine (C=N–C) groups is 1. The number of amides is 1. The Labute approximate surface area is 182 Å². The van der Waals surface area contributed by atoms with Crippen molar-refractivity contribution in [3.63, 3.8) is 0 Å². The lowest BCUT2D eigenvalue weighted by atomic mass is 10.0. The zero-order chi connectivity index (χ0) is 22.2. The summed E-state index contributed by atoms with van der Waals surface area (Å²) in [6.45, 7) is 6.22. The lowest BCUT2D eigenvalue weighted by Crippen LogP contribution is -2.28. The third-order valence-corrected chi connectivity index (χ3v) is 4.75. The summed E-state index contributed by atoms with van der Waals surface area (Å²) in [6.07, 6.45) is 3.25. The Morgan fingerprint density at radius 2 is 1.84 bits per heavy atom. The fourth-order valence-corrected chi connectivity index (χ4v) is 3.11. The van der Waals surface area contributed by atoms with E-state index in [1.165, 1.54) is 13.2 Å². The zero-order valence-corrected chi connectivity index (χ0v) is 17.9. The Morgan fingerprint density at radius 3 is 2.45 bits per heavy atom. The van der Waals surface area contributed by atoms with Crippen molar-refractivity contribution in [2.75, 3.05) is 14.2 Å². The number of hydrogen-bond donors (Lipinski definition) is 1. The first-order valence-electron chi connectivity index (χ1n) is 9.76. The van der Waals surface area contributed by atoms with Gasteiger partial charge in [0, 0.05) is 24.4 Å². The number of pyridine rings is 1. The number of nitrogens with zero attached hydrogens (tertiary/aromatic N) is 2. The van der Waals surface area contributed by atoms with Gasteiger partial charge in [-0.05, 0) is 41.8 Å².